The topological polar surface area (TPSA) is 85.3 Å². The van der Waals surface area contributed by atoms with Gasteiger partial charge in [-0.1, -0.05) is 35.5 Å². The zero-order valence-corrected chi connectivity index (χ0v) is 16.8. The minimum absolute atomic E-state index is 0.0540. The summed E-state index contributed by atoms with van der Waals surface area (Å²) in [4.78, 5) is 29.4. The molecule has 1 aromatic carbocycles. The third-order valence-electron chi connectivity index (χ3n) is 5.08. The molecule has 1 N–H and O–H groups in total. The van der Waals surface area contributed by atoms with Crippen molar-refractivity contribution in [2.75, 3.05) is 0 Å². The van der Waals surface area contributed by atoms with Crippen LogP contribution in [-0.2, 0) is 12.3 Å². The molecule has 0 amide bonds. The molecule has 0 unspecified atom stereocenters. The quantitative estimate of drug-likeness (QED) is 0.372. The van der Waals surface area contributed by atoms with Crippen LogP contribution in [0.25, 0.3) is 10.9 Å². The van der Waals surface area contributed by atoms with E-state index in [4.69, 9.17) is 9.40 Å². The molecular formula is C22H22N2O4S. The van der Waals surface area contributed by atoms with Crippen molar-refractivity contribution < 1.29 is 9.52 Å². The Balaban J connectivity index is 1.64. The molecular weight excluding hydrogens is 388 g/mol. The number of hydrogen-bond donors (Lipinski definition) is 1. The summed E-state index contributed by atoms with van der Waals surface area (Å²) < 4.78 is 7.00. The first-order valence-electron chi connectivity index (χ1n) is 9.73. The molecule has 0 saturated heterocycles. The van der Waals surface area contributed by atoms with Crippen molar-refractivity contribution >= 4 is 22.7 Å². The normalized spacial score (nSPS) is 14.1. The molecule has 0 atom stereocenters. The third kappa shape index (κ3) is 4.45. The Hall–Kier alpha value is -2.80. The van der Waals surface area contributed by atoms with Crippen LogP contribution in [-0.4, -0.2) is 14.7 Å². The van der Waals surface area contributed by atoms with Gasteiger partial charge >= 0.3 is 0 Å². The maximum absolute atomic E-state index is 13.1. The molecule has 3 aromatic rings. The van der Waals surface area contributed by atoms with Crippen molar-refractivity contribution in [1.29, 1.82) is 0 Å². The largest absolute Gasteiger partial charge is 0.502 e. The molecule has 0 fully saturated rings. The van der Waals surface area contributed by atoms with Gasteiger partial charge in [0.05, 0.1) is 16.7 Å². The molecule has 0 spiro atoms. The van der Waals surface area contributed by atoms with E-state index in [1.807, 2.05) is 18.2 Å². The lowest BCUT2D eigenvalue weighted by Crippen LogP contribution is -2.24. The minimum atomic E-state index is -0.486. The number of thioether (sulfide) groups is 1. The monoisotopic (exact) mass is 410 g/mol. The van der Waals surface area contributed by atoms with Gasteiger partial charge in [0, 0.05) is 12.6 Å². The molecule has 0 saturated carbocycles. The van der Waals surface area contributed by atoms with E-state index in [0.29, 0.717) is 34.1 Å². The highest BCUT2D eigenvalue weighted by molar-refractivity contribution is 7.98. The zero-order chi connectivity index (χ0) is 20.2. The number of aromatic nitrogens is 2. The fourth-order valence-electron chi connectivity index (χ4n) is 3.50. The van der Waals surface area contributed by atoms with Gasteiger partial charge in [-0.15, -0.1) is 0 Å². The van der Waals surface area contributed by atoms with Crippen molar-refractivity contribution in [2.24, 2.45) is 0 Å². The Morgan fingerprint density at radius 2 is 2.07 bits per heavy atom. The Kier molecular flexibility index (Phi) is 5.85. The van der Waals surface area contributed by atoms with Gasteiger partial charge in [-0.3, -0.25) is 14.2 Å². The number of para-hydroxylation sites is 1. The second kappa shape index (κ2) is 8.69. The van der Waals surface area contributed by atoms with Crippen LogP contribution in [0.4, 0.5) is 0 Å². The van der Waals surface area contributed by atoms with Crippen molar-refractivity contribution in [2.45, 2.75) is 49.6 Å². The number of allylic oxidation sites excluding steroid dienone is 2. The number of nitrogens with zero attached hydrogens (tertiary/aromatic N) is 2. The Morgan fingerprint density at radius 3 is 2.86 bits per heavy atom. The molecule has 2 aromatic heterocycles. The van der Waals surface area contributed by atoms with Crippen molar-refractivity contribution in [3.8, 4) is 5.75 Å². The van der Waals surface area contributed by atoms with Crippen LogP contribution < -0.4 is 11.0 Å². The van der Waals surface area contributed by atoms with Crippen LogP contribution >= 0.6 is 11.8 Å². The summed E-state index contributed by atoms with van der Waals surface area (Å²) in [7, 11) is 0. The maximum Gasteiger partial charge on any atom is 0.262 e. The number of fused-ring (bicyclic) bond motifs is 1. The maximum atomic E-state index is 13.1. The van der Waals surface area contributed by atoms with Crippen LogP contribution in [0, 0.1) is 0 Å². The van der Waals surface area contributed by atoms with Crippen LogP contribution in [0.15, 0.2) is 67.4 Å². The first kappa shape index (κ1) is 19.5. The smallest absolute Gasteiger partial charge is 0.262 e. The third-order valence-corrected chi connectivity index (χ3v) is 6.08. The summed E-state index contributed by atoms with van der Waals surface area (Å²) in [5.74, 6) is 0.338. The molecule has 29 heavy (non-hydrogen) atoms. The van der Waals surface area contributed by atoms with Gasteiger partial charge in [-0.25, -0.2) is 4.98 Å². The molecule has 0 aliphatic heterocycles. The van der Waals surface area contributed by atoms with Gasteiger partial charge in [0.15, 0.2) is 10.9 Å². The summed E-state index contributed by atoms with van der Waals surface area (Å²) in [6, 6.07) is 8.60. The highest BCUT2D eigenvalue weighted by atomic mass is 32.2. The summed E-state index contributed by atoms with van der Waals surface area (Å²) in [6.45, 7) is 0.574. The van der Waals surface area contributed by atoms with Gasteiger partial charge in [0.25, 0.3) is 5.56 Å². The van der Waals surface area contributed by atoms with E-state index in [1.54, 1.807) is 10.6 Å². The average Bonchev–Trinajstić information content (AvgIpc) is 2.75. The summed E-state index contributed by atoms with van der Waals surface area (Å²) in [6.07, 6.45) is 8.81. The van der Waals surface area contributed by atoms with E-state index in [9.17, 15) is 14.7 Å². The number of benzene rings is 1. The lowest BCUT2D eigenvalue weighted by atomic mass is 9.97. The molecule has 0 bridgehead atoms. The van der Waals surface area contributed by atoms with Crippen LogP contribution in [0.1, 0.15) is 37.9 Å². The summed E-state index contributed by atoms with van der Waals surface area (Å²) in [5, 5.41) is 10.5. The first-order chi connectivity index (χ1) is 14.1. The van der Waals surface area contributed by atoms with E-state index in [2.05, 4.69) is 6.08 Å². The Labute approximate surface area is 171 Å². The highest BCUT2D eigenvalue weighted by Gasteiger charge is 2.14. The van der Waals surface area contributed by atoms with Crippen molar-refractivity contribution in [3.05, 3.63) is 74.6 Å². The lowest BCUT2D eigenvalue weighted by Gasteiger charge is -2.16. The molecule has 0 radical (unpaired) electrons. The van der Waals surface area contributed by atoms with Crippen LogP contribution in [0.3, 0.4) is 0 Å². The predicted octanol–water partition coefficient (Wildman–Crippen LogP) is 4.24. The fourth-order valence-corrected chi connectivity index (χ4v) is 4.41. The van der Waals surface area contributed by atoms with E-state index in [1.165, 1.54) is 36.2 Å². The molecule has 2 heterocycles. The van der Waals surface area contributed by atoms with Gasteiger partial charge < -0.3 is 9.52 Å². The Morgan fingerprint density at radius 1 is 1.21 bits per heavy atom. The predicted molar refractivity (Wildman–Crippen MR) is 113 cm³/mol. The second-order valence-electron chi connectivity index (χ2n) is 7.11. The molecule has 4 rings (SSSR count). The average molecular weight is 410 g/mol. The summed E-state index contributed by atoms with van der Waals surface area (Å²) in [5.41, 5.74) is 1.51. The molecule has 1 aliphatic rings. The highest BCUT2D eigenvalue weighted by Crippen LogP contribution is 2.25. The zero-order valence-electron chi connectivity index (χ0n) is 16.0. The standard InChI is InChI=1S/C22H22N2O4S/c25-19-12-16(28-13-20(19)26)14-29-22-23-18-9-5-4-8-17(18)21(27)24(22)11-10-15-6-2-1-3-7-15/h4-6,8-9,12-13,26H,1-3,7,10-11,14H2. The number of aromatic hydroxyl groups is 1. The second-order valence-corrected chi connectivity index (χ2v) is 8.05. The molecule has 150 valence electrons. The molecule has 1 aliphatic carbocycles. The van der Waals surface area contributed by atoms with Crippen molar-refractivity contribution in [1.82, 2.24) is 9.55 Å². The first-order valence-corrected chi connectivity index (χ1v) is 10.7. The Bertz CT molecular complexity index is 1180. The molecule has 6 nitrogen and oxygen atoms in total. The van der Waals surface area contributed by atoms with Crippen molar-refractivity contribution in [3.63, 3.8) is 0 Å². The van der Waals surface area contributed by atoms with E-state index in [-0.39, 0.29) is 5.56 Å². The van der Waals surface area contributed by atoms with E-state index < -0.39 is 11.2 Å². The number of rotatable bonds is 6. The van der Waals surface area contributed by atoms with Crippen LogP contribution in [0.2, 0.25) is 0 Å². The van der Waals surface area contributed by atoms with E-state index in [0.717, 1.165) is 25.5 Å². The van der Waals surface area contributed by atoms with Gasteiger partial charge in [-0.2, -0.15) is 0 Å². The lowest BCUT2D eigenvalue weighted by molar-refractivity contribution is 0.419. The fraction of sp³-hybridized carbons (Fsp3) is 0.318. The SMILES string of the molecule is O=c1cc(CSc2nc3ccccc3c(=O)n2CCC2=CCCCC2)occ1O. The van der Waals surface area contributed by atoms with E-state index >= 15 is 0 Å². The minimum Gasteiger partial charge on any atom is -0.502 e. The van der Waals surface area contributed by atoms with Gasteiger partial charge in [0.2, 0.25) is 5.43 Å². The van der Waals surface area contributed by atoms with Gasteiger partial charge in [-0.05, 0) is 44.2 Å². The summed E-state index contributed by atoms with van der Waals surface area (Å²) >= 11 is 1.35. The molecule has 7 heteroatoms. The number of hydrogen-bond acceptors (Lipinski definition) is 6. The van der Waals surface area contributed by atoms with Crippen LogP contribution in [0.5, 0.6) is 5.75 Å². The van der Waals surface area contributed by atoms with Gasteiger partial charge in [0.1, 0.15) is 12.0 Å².